The van der Waals surface area contributed by atoms with Gasteiger partial charge in [-0.05, 0) is 83.5 Å². The van der Waals surface area contributed by atoms with Crippen molar-refractivity contribution in [3.8, 4) is 0 Å². The largest absolute Gasteiger partial charge is 0.462 e. The number of ether oxygens (including phenoxy) is 3. The first kappa shape index (κ1) is 55.9. The van der Waals surface area contributed by atoms with Gasteiger partial charge in [-0.25, -0.2) is 0 Å². The van der Waals surface area contributed by atoms with Gasteiger partial charge in [-0.15, -0.1) is 0 Å². The van der Waals surface area contributed by atoms with E-state index in [0.29, 0.717) is 19.3 Å². The Labute approximate surface area is 363 Å². The first-order chi connectivity index (χ1) is 29.0. The highest BCUT2D eigenvalue weighted by molar-refractivity contribution is 5.71. The Hall–Kier alpha value is -3.15. The molecule has 0 saturated carbocycles. The molecule has 59 heavy (non-hydrogen) atoms. The van der Waals surface area contributed by atoms with Gasteiger partial charge in [-0.3, -0.25) is 14.4 Å². The summed E-state index contributed by atoms with van der Waals surface area (Å²) in [6.07, 6.45) is 58.8. The van der Waals surface area contributed by atoms with Gasteiger partial charge in [0.25, 0.3) is 0 Å². The molecule has 6 heteroatoms. The molecule has 0 aliphatic heterocycles. The molecule has 0 N–H and O–H groups in total. The zero-order valence-electron chi connectivity index (χ0n) is 38.5. The lowest BCUT2D eigenvalue weighted by atomic mass is 10.0. The predicted molar refractivity (Wildman–Crippen MR) is 251 cm³/mol. The monoisotopic (exact) mass is 823 g/mol. The highest BCUT2D eigenvalue weighted by Gasteiger charge is 2.19. The fourth-order valence-electron chi connectivity index (χ4n) is 6.51. The van der Waals surface area contributed by atoms with Gasteiger partial charge < -0.3 is 14.2 Å². The van der Waals surface area contributed by atoms with Crippen LogP contribution in [0.15, 0.2) is 72.9 Å². The molecule has 0 heterocycles. The molecule has 1 atom stereocenters. The summed E-state index contributed by atoms with van der Waals surface area (Å²) in [6, 6.07) is 0. The third kappa shape index (κ3) is 45.8. The van der Waals surface area contributed by atoms with Crippen LogP contribution in [0.1, 0.15) is 226 Å². The highest BCUT2D eigenvalue weighted by Crippen LogP contribution is 2.14. The molecule has 0 aliphatic rings. The third-order valence-electron chi connectivity index (χ3n) is 10.2. The van der Waals surface area contributed by atoms with Crippen molar-refractivity contribution in [2.75, 3.05) is 13.2 Å². The van der Waals surface area contributed by atoms with E-state index in [1.54, 1.807) is 0 Å². The van der Waals surface area contributed by atoms with Crippen molar-refractivity contribution in [1.82, 2.24) is 0 Å². The molecule has 0 spiro atoms. The number of allylic oxidation sites excluding steroid dienone is 12. The second-order valence-electron chi connectivity index (χ2n) is 16.0. The van der Waals surface area contributed by atoms with Gasteiger partial charge in [0.05, 0.1) is 0 Å². The van der Waals surface area contributed by atoms with Crippen molar-refractivity contribution in [3.05, 3.63) is 72.9 Å². The predicted octanol–water partition coefficient (Wildman–Crippen LogP) is 15.9. The normalized spacial score (nSPS) is 12.7. The summed E-state index contributed by atoms with van der Waals surface area (Å²) in [5.74, 6) is -0.952. The lowest BCUT2D eigenvalue weighted by Gasteiger charge is -2.18. The van der Waals surface area contributed by atoms with Crippen LogP contribution in [0.2, 0.25) is 0 Å². The van der Waals surface area contributed by atoms with Crippen LogP contribution in [0.5, 0.6) is 0 Å². The average Bonchev–Trinajstić information content (AvgIpc) is 3.23. The summed E-state index contributed by atoms with van der Waals surface area (Å²) in [7, 11) is 0. The molecule has 0 aliphatic carbocycles. The van der Waals surface area contributed by atoms with Crippen LogP contribution in [0, 0.1) is 0 Å². The lowest BCUT2D eigenvalue weighted by molar-refractivity contribution is -0.167. The highest BCUT2D eigenvalue weighted by atomic mass is 16.6. The molecule has 0 rings (SSSR count). The van der Waals surface area contributed by atoms with Gasteiger partial charge in [-0.2, -0.15) is 0 Å². The van der Waals surface area contributed by atoms with Gasteiger partial charge in [0.15, 0.2) is 6.10 Å². The molecule has 6 nitrogen and oxygen atoms in total. The Morgan fingerprint density at radius 1 is 0.356 bits per heavy atom. The van der Waals surface area contributed by atoms with Gasteiger partial charge in [0.2, 0.25) is 0 Å². The summed E-state index contributed by atoms with van der Waals surface area (Å²) >= 11 is 0. The average molecular weight is 823 g/mol. The van der Waals surface area contributed by atoms with E-state index < -0.39 is 6.10 Å². The van der Waals surface area contributed by atoms with Gasteiger partial charge in [-0.1, -0.05) is 196 Å². The quantitative estimate of drug-likeness (QED) is 0.0264. The Morgan fingerprint density at radius 2 is 0.678 bits per heavy atom. The number of carbonyl (C=O) groups excluding carboxylic acids is 3. The van der Waals surface area contributed by atoms with E-state index in [1.807, 2.05) is 0 Å². The van der Waals surface area contributed by atoms with Crippen molar-refractivity contribution in [1.29, 1.82) is 0 Å². The van der Waals surface area contributed by atoms with E-state index in [-0.39, 0.29) is 31.1 Å². The zero-order valence-corrected chi connectivity index (χ0v) is 38.5. The van der Waals surface area contributed by atoms with Crippen LogP contribution in [0.25, 0.3) is 0 Å². The fourth-order valence-corrected chi connectivity index (χ4v) is 6.51. The topological polar surface area (TPSA) is 78.9 Å². The van der Waals surface area contributed by atoms with Crippen LogP contribution >= 0.6 is 0 Å². The number of hydrogen-bond donors (Lipinski definition) is 0. The van der Waals surface area contributed by atoms with Crippen LogP contribution in [0.3, 0.4) is 0 Å². The van der Waals surface area contributed by atoms with E-state index in [0.717, 1.165) is 109 Å². The van der Waals surface area contributed by atoms with E-state index in [4.69, 9.17) is 14.2 Å². The van der Waals surface area contributed by atoms with Crippen LogP contribution in [-0.2, 0) is 28.6 Å². The molecule has 0 aromatic rings. The molecular weight excluding hydrogens is 733 g/mol. The SMILES string of the molecule is CC/C=C\C/C=C\C/C=C\C/C=C\CCCCC(=O)OC[C@@H](COC(=O)CCCCCCCCCCCCCC)OC(=O)CCCCCCC/C=C\C/C=C\CCCC. The van der Waals surface area contributed by atoms with E-state index in [9.17, 15) is 14.4 Å². The first-order valence-electron chi connectivity index (χ1n) is 24.4. The summed E-state index contributed by atoms with van der Waals surface area (Å²) in [5.41, 5.74) is 0. The van der Waals surface area contributed by atoms with Crippen molar-refractivity contribution in [2.45, 2.75) is 232 Å². The molecule has 0 aromatic heterocycles. The zero-order chi connectivity index (χ0) is 43.0. The maximum absolute atomic E-state index is 12.8. The maximum atomic E-state index is 12.8. The molecule has 338 valence electrons. The number of rotatable bonds is 43. The second-order valence-corrected chi connectivity index (χ2v) is 16.0. The molecule has 0 fully saturated rings. The molecule has 0 radical (unpaired) electrons. The van der Waals surface area contributed by atoms with E-state index in [2.05, 4.69) is 93.7 Å². The van der Waals surface area contributed by atoms with E-state index in [1.165, 1.54) is 77.0 Å². The van der Waals surface area contributed by atoms with E-state index >= 15 is 0 Å². The molecule has 0 amide bonds. The van der Waals surface area contributed by atoms with Gasteiger partial charge >= 0.3 is 17.9 Å². The Morgan fingerprint density at radius 3 is 1.12 bits per heavy atom. The lowest BCUT2D eigenvalue weighted by Crippen LogP contribution is -2.30. The third-order valence-corrected chi connectivity index (χ3v) is 10.2. The summed E-state index contributed by atoms with van der Waals surface area (Å²) in [5, 5.41) is 0. The van der Waals surface area contributed by atoms with Crippen LogP contribution in [0.4, 0.5) is 0 Å². The number of hydrogen-bond acceptors (Lipinski definition) is 6. The summed E-state index contributed by atoms with van der Waals surface area (Å²) in [4.78, 5) is 37.9. The fraction of sp³-hybridized carbons (Fsp3) is 0.717. The molecule has 0 unspecified atom stereocenters. The minimum absolute atomic E-state index is 0.0933. The van der Waals surface area contributed by atoms with Gasteiger partial charge in [0.1, 0.15) is 13.2 Å². The van der Waals surface area contributed by atoms with Gasteiger partial charge in [0, 0.05) is 19.3 Å². The van der Waals surface area contributed by atoms with Crippen molar-refractivity contribution < 1.29 is 28.6 Å². The van der Waals surface area contributed by atoms with Crippen molar-refractivity contribution in [2.24, 2.45) is 0 Å². The standard InChI is InChI=1S/C53H90O6/c1-4-7-10-13-16-19-22-25-27-29-31-34-37-40-43-46-52(55)58-49-50(48-57-51(54)45-42-39-36-33-30-24-21-18-15-12-9-6-3)59-53(56)47-44-41-38-35-32-28-26-23-20-17-14-11-8-5-2/h7,10,14,16-17,19,23,25-27,31,34,50H,4-6,8-9,11-13,15,18,20-22,24,28-30,32-33,35-49H2,1-3H3/b10-7-,17-14-,19-16-,26-23-,27-25-,34-31-/t50-/m1/s1. The Balaban J connectivity index is 4.47. The summed E-state index contributed by atoms with van der Waals surface area (Å²) < 4.78 is 16.7. The molecular formula is C53H90O6. The Bertz CT molecular complexity index is 1130. The maximum Gasteiger partial charge on any atom is 0.306 e. The number of esters is 3. The number of unbranched alkanes of at least 4 members (excludes halogenated alkanes) is 20. The molecule has 0 saturated heterocycles. The molecule has 0 aromatic carbocycles. The summed E-state index contributed by atoms with van der Waals surface area (Å²) in [6.45, 7) is 6.42. The molecule has 0 bridgehead atoms. The van der Waals surface area contributed by atoms with Crippen LogP contribution in [-0.4, -0.2) is 37.2 Å². The number of carbonyl (C=O) groups is 3. The Kier molecular flexibility index (Phi) is 45.0. The minimum Gasteiger partial charge on any atom is -0.462 e. The second kappa shape index (κ2) is 47.5. The first-order valence-corrected chi connectivity index (χ1v) is 24.4. The van der Waals surface area contributed by atoms with Crippen LogP contribution < -0.4 is 0 Å². The van der Waals surface area contributed by atoms with Crippen molar-refractivity contribution >= 4 is 17.9 Å². The van der Waals surface area contributed by atoms with Crippen molar-refractivity contribution in [3.63, 3.8) is 0 Å². The smallest absolute Gasteiger partial charge is 0.306 e. The minimum atomic E-state index is -0.796.